The Bertz CT molecular complexity index is 244. The molecule has 0 aliphatic carbocycles. The molecule has 0 aliphatic rings. The summed E-state index contributed by atoms with van der Waals surface area (Å²) in [5.74, 6) is 0.609. The first kappa shape index (κ1) is 9.07. The fourth-order valence-electron chi connectivity index (χ4n) is 0.958. The van der Waals surface area contributed by atoms with Crippen molar-refractivity contribution in [3.63, 3.8) is 0 Å². The van der Waals surface area contributed by atoms with Crippen LogP contribution in [0.5, 0.6) is 0 Å². The van der Waals surface area contributed by atoms with Crippen molar-refractivity contribution in [2.75, 3.05) is 5.73 Å². The van der Waals surface area contributed by atoms with Gasteiger partial charge in [-0.15, -0.1) is 11.3 Å². The van der Waals surface area contributed by atoms with Crippen LogP contribution < -0.4 is 5.73 Å². The number of anilines is 1. The van der Waals surface area contributed by atoms with Gasteiger partial charge in [0.2, 0.25) is 0 Å². The normalized spacial score (nSPS) is 13.4. The van der Waals surface area contributed by atoms with Gasteiger partial charge in [-0.2, -0.15) is 0 Å². The van der Waals surface area contributed by atoms with Gasteiger partial charge in [0.25, 0.3) is 0 Å². The van der Waals surface area contributed by atoms with Gasteiger partial charge in [-0.1, -0.05) is 13.8 Å². The fourth-order valence-corrected chi connectivity index (χ4v) is 2.79. The number of thiophene rings is 1. The lowest BCUT2D eigenvalue weighted by molar-refractivity contribution is 0.734. The SMILES string of the molecule is CCC(C)c1cc(N)sc1Br. The maximum Gasteiger partial charge on any atom is 0.0871 e. The Kier molecular flexibility index (Phi) is 2.96. The van der Waals surface area contributed by atoms with E-state index in [1.807, 2.05) is 0 Å². The van der Waals surface area contributed by atoms with Crippen molar-refractivity contribution in [1.29, 1.82) is 0 Å². The van der Waals surface area contributed by atoms with E-state index in [4.69, 9.17) is 5.73 Å². The average Bonchev–Trinajstić information content (AvgIpc) is 2.28. The van der Waals surface area contributed by atoms with E-state index in [-0.39, 0.29) is 0 Å². The first-order chi connectivity index (χ1) is 5.15. The van der Waals surface area contributed by atoms with Crippen LogP contribution in [0.3, 0.4) is 0 Å². The Morgan fingerprint density at radius 1 is 1.73 bits per heavy atom. The lowest BCUT2D eigenvalue weighted by Crippen LogP contribution is -1.88. The zero-order valence-corrected chi connectivity index (χ0v) is 9.13. The van der Waals surface area contributed by atoms with Crippen LogP contribution in [0.25, 0.3) is 0 Å². The summed E-state index contributed by atoms with van der Waals surface area (Å²) >= 11 is 5.10. The van der Waals surface area contributed by atoms with Crippen LogP contribution in [0.1, 0.15) is 31.7 Å². The summed E-state index contributed by atoms with van der Waals surface area (Å²) in [5, 5.41) is 0.896. The predicted octanol–water partition coefficient (Wildman–Crippen LogP) is 3.61. The summed E-state index contributed by atoms with van der Waals surface area (Å²) in [7, 11) is 0. The summed E-state index contributed by atoms with van der Waals surface area (Å²) in [6.45, 7) is 4.40. The quantitative estimate of drug-likeness (QED) is 0.831. The second-order valence-corrected chi connectivity index (χ2v) is 5.09. The molecule has 1 aromatic rings. The molecule has 0 saturated heterocycles. The predicted molar refractivity (Wildman–Crippen MR) is 55.1 cm³/mol. The molecule has 0 aromatic carbocycles. The average molecular weight is 234 g/mol. The summed E-state index contributed by atoms with van der Waals surface area (Å²) < 4.78 is 1.18. The van der Waals surface area contributed by atoms with E-state index in [0.29, 0.717) is 5.92 Å². The van der Waals surface area contributed by atoms with E-state index in [0.717, 1.165) is 11.4 Å². The van der Waals surface area contributed by atoms with Crippen LogP contribution >= 0.6 is 27.3 Å². The Hall–Kier alpha value is -0.0200. The number of halogens is 1. The van der Waals surface area contributed by atoms with Gasteiger partial charge in [-0.3, -0.25) is 0 Å². The molecule has 1 rings (SSSR count). The number of hydrogen-bond donors (Lipinski definition) is 1. The summed E-state index contributed by atoms with van der Waals surface area (Å²) in [6, 6.07) is 2.06. The molecule has 62 valence electrons. The standard InChI is InChI=1S/C8H12BrNS/c1-3-5(2)6-4-7(10)11-8(6)9/h4-5H,3,10H2,1-2H3. The Balaban J connectivity index is 2.93. The van der Waals surface area contributed by atoms with Crippen LogP contribution in [-0.2, 0) is 0 Å². The van der Waals surface area contributed by atoms with Crippen molar-refractivity contribution in [2.24, 2.45) is 0 Å². The van der Waals surface area contributed by atoms with Gasteiger partial charge in [0.15, 0.2) is 0 Å². The second-order valence-electron chi connectivity index (χ2n) is 2.69. The van der Waals surface area contributed by atoms with Crippen LogP contribution in [0.2, 0.25) is 0 Å². The lowest BCUT2D eigenvalue weighted by atomic mass is 10.0. The highest BCUT2D eigenvalue weighted by Gasteiger charge is 2.09. The topological polar surface area (TPSA) is 26.0 Å². The molecule has 0 saturated carbocycles. The number of nitrogen functional groups attached to an aromatic ring is 1. The van der Waals surface area contributed by atoms with E-state index in [2.05, 4.69) is 35.8 Å². The third-order valence-electron chi connectivity index (χ3n) is 1.88. The molecule has 1 heterocycles. The van der Waals surface area contributed by atoms with Gasteiger partial charge in [0.1, 0.15) is 0 Å². The smallest absolute Gasteiger partial charge is 0.0871 e. The summed E-state index contributed by atoms with van der Waals surface area (Å²) in [6.07, 6.45) is 1.16. The van der Waals surface area contributed by atoms with Crippen molar-refractivity contribution in [3.8, 4) is 0 Å². The molecule has 1 atom stereocenters. The summed E-state index contributed by atoms with van der Waals surface area (Å²) in [4.78, 5) is 0. The van der Waals surface area contributed by atoms with E-state index in [1.54, 1.807) is 11.3 Å². The van der Waals surface area contributed by atoms with Crippen LogP contribution in [0.4, 0.5) is 5.00 Å². The molecule has 3 heteroatoms. The Labute approximate surface area is 79.7 Å². The van der Waals surface area contributed by atoms with Crippen molar-refractivity contribution in [2.45, 2.75) is 26.2 Å². The molecule has 0 spiro atoms. The fraction of sp³-hybridized carbons (Fsp3) is 0.500. The Morgan fingerprint density at radius 3 is 2.73 bits per heavy atom. The van der Waals surface area contributed by atoms with Crippen LogP contribution in [-0.4, -0.2) is 0 Å². The maximum absolute atomic E-state index is 5.66. The highest BCUT2D eigenvalue weighted by atomic mass is 79.9. The minimum atomic E-state index is 0.609. The first-order valence-corrected chi connectivity index (χ1v) is 5.30. The second kappa shape index (κ2) is 3.59. The Morgan fingerprint density at radius 2 is 2.36 bits per heavy atom. The van der Waals surface area contributed by atoms with Gasteiger partial charge < -0.3 is 5.73 Å². The monoisotopic (exact) mass is 233 g/mol. The van der Waals surface area contributed by atoms with Gasteiger partial charge in [-0.05, 0) is 39.9 Å². The van der Waals surface area contributed by atoms with Crippen molar-refractivity contribution < 1.29 is 0 Å². The van der Waals surface area contributed by atoms with Crippen molar-refractivity contribution in [1.82, 2.24) is 0 Å². The molecule has 1 nitrogen and oxygen atoms in total. The van der Waals surface area contributed by atoms with Crippen molar-refractivity contribution in [3.05, 3.63) is 15.4 Å². The van der Waals surface area contributed by atoms with Crippen LogP contribution in [0, 0.1) is 0 Å². The molecule has 0 fully saturated rings. The molecule has 1 aromatic heterocycles. The lowest BCUT2D eigenvalue weighted by Gasteiger charge is -2.05. The molecule has 0 bridgehead atoms. The van der Waals surface area contributed by atoms with Gasteiger partial charge in [-0.25, -0.2) is 0 Å². The van der Waals surface area contributed by atoms with Gasteiger partial charge in [0, 0.05) is 0 Å². The minimum Gasteiger partial charge on any atom is -0.391 e. The molecule has 1 unspecified atom stereocenters. The highest BCUT2D eigenvalue weighted by molar-refractivity contribution is 9.11. The van der Waals surface area contributed by atoms with E-state index >= 15 is 0 Å². The zero-order chi connectivity index (χ0) is 8.43. The molecular formula is C8H12BrNS. The third-order valence-corrected chi connectivity index (χ3v) is 3.59. The number of hydrogen-bond acceptors (Lipinski definition) is 2. The van der Waals surface area contributed by atoms with E-state index in [1.165, 1.54) is 9.35 Å². The third kappa shape index (κ3) is 1.97. The zero-order valence-electron chi connectivity index (χ0n) is 6.73. The minimum absolute atomic E-state index is 0.609. The molecule has 0 aliphatic heterocycles. The van der Waals surface area contributed by atoms with Gasteiger partial charge in [0.05, 0.1) is 8.79 Å². The van der Waals surface area contributed by atoms with Crippen molar-refractivity contribution >= 4 is 32.3 Å². The van der Waals surface area contributed by atoms with E-state index < -0.39 is 0 Å². The molecule has 11 heavy (non-hydrogen) atoms. The van der Waals surface area contributed by atoms with E-state index in [9.17, 15) is 0 Å². The molecule has 2 N–H and O–H groups in total. The summed E-state index contributed by atoms with van der Waals surface area (Å²) in [5.41, 5.74) is 7.00. The molecular weight excluding hydrogens is 222 g/mol. The van der Waals surface area contributed by atoms with Crippen LogP contribution in [0.15, 0.2) is 9.85 Å². The number of nitrogens with two attached hydrogens (primary N) is 1. The molecule has 0 radical (unpaired) electrons. The maximum atomic E-state index is 5.66. The highest BCUT2D eigenvalue weighted by Crippen LogP contribution is 2.35. The largest absolute Gasteiger partial charge is 0.391 e. The number of rotatable bonds is 2. The first-order valence-electron chi connectivity index (χ1n) is 3.69. The van der Waals surface area contributed by atoms with Gasteiger partial charge >= 0.3 is 0 Å². The molecule has 0 amide bonds.